The summed E-state index contributed by atoms with van der Waals surface area (Å²) in [4.78, 5) is 24.8. The van der Waals surface area contributed by atoms with E-state index < -0.39 is 29.9 Å². The molecule has 8 nitrogen and oxygen atoms in total. The van der Waals surface area contributed by atoms with Crippen molar-refractivity contribution in [1.29, 1.82) is 0 Å². The molecule has 2 N–H and O–H groups in total. The number of carbonyl (C=O) groups excluding carboxylic acids is 2. The van der Waals surface area contributed by atoms with Crippen molar-refractivity contribution in [3.05, 3.63) is 71.8 Å². The lowest BCUT2D eigenvalue weighted by Crippen LogP contribution is -2.53. The minimum Gasteiger partial charge on any atom is -0.455 e. The second-order valence-corrected chi connectivity index (χ2v) is 12.4. The van der Waals surface area contributed by atoms with Crippen LogP contribution in [-0.4, -0.2) is 71.4 Å². The monoisotopic (exact) mass is 567 g/mol. The number of ether oxygens (including phenoxy) is 4. The van der Waals surface area contributed by atoms with Crippen molar-refractivity contribution in [2.24, 2.45) is 5.92 Å². The van der Waals surface area contributed by atoms with E-state index in [1.54, 1.807) is 37.3 Å². The Labute approximate surface area is 243 Å². The van der Waals surface area contributed by atoms with Crippen LogP contribution in [0.5, 0.6) is 0 Å². The molecule has 3 aliphatic heterocycles. The molecule has 41 heavy (non-hydrogen) atoms. The molecule has 8 heteroatoms. The largest absolute Gasteiger partial charge is 0.455 e. The molecule has 0 radical (unpaired) electrons. The molecule has 1 aromatic rings. The average Bonchev–Trinajstić information content (AvgIpc) is 3.69. The number of aliphatic hydroxyl groups excluding tert-OH is 1. The average molecular weight is 568 g/mol. The van der Waals surface area contributed by atoms with Crippen LogP contribution in [0.3, 0.4) is 0 Å². The smallest absolute Gasteiger partial charge is 0.338 e. The fourth-order valence-electron chi connectivity index (χ4n) is 5.74. The molecular weight excluding hydrogens is 522 g/mol. The number of amides is 1. The number of carbonyl (C=O) groups is 2. The van der Waals surface area contributed by atoms with Crippen molar-refractivity contribution in [2.45, 2.75) is 109 Å². The van der Waals surface area contributed by atoms with Gasteiger partial charge in [-0.2, -0.15) is 0 Å². The van der Waals surface area contributed by atoms with Gasteiger partial charge >= 0.3 is 5.97 Å². The molecule has 0 unspecified atom stereocenters. The van der Waals surface area contributed by atoms with Gasteiger partial charge in [0.05, 0.1) is 36.0 Å². The molecule has 3 saturated heterocycles. The van der Waals surface area contributed by atoms with Crippen molar-refractivity contribution >= 4 is 11.9 Å². The van der Waals surface area contributed by atoms with E-state index in [0.717, 1.165) is 18.4 Å². The predicted molar refractivity (Wildman–Crippen MR) is 156 cm³/mol. The van der Waals surface area contributed by atoms with E-state index in [4.69, 9.17) is 18.9 Å². The van der Waals surface area contributed by atoms with Gasteiger partial charge in [-0.05, 0) is 71.6 Å². The summed E-state index contributed by atoms with van der Waals surface area (Å²) in [6, 6.07) is 8.65. The van der Waals surface area contributed by atoms with Gasteiger partial charge in [0.2, 0.25) is 5.91 Å². The van der Waals surface area contributed by atoms with Crippen LogP contribution >= 0.6 is 0 Å². The highest BCUT2D eigenvalue weighted by atomic mass is 16.6. The number of esters is 1. The quantitative estimate of drug-likeness (QED) is 0.193. The molecule has 224 valence electrons. The molecule has 4 rings (SSSR count). The molecule has 0 saturated carbocycles. The topological polar surface area (TPSA) is 107 Å². The van der Waals surface area contributed by atoms with Gasteiger partial charge in [0.1, 0.15) is 23.9 Å². The SMILES string of the molecule is CC(/C=C/[C@H]1OC(C)(C)C[C@@]2(CO2)[C@@H]1O)=C\C[C@@H]1O[C@H](C)[C@H](NC(=O)/C=C\[C@H](C)OC(=O)c2ccccc2)C[C@@H]1C. The molecular formula is C33H45NO7. The molecule has 0 bridgehead atoms. The summed E-state index contributed by atoms with van der Waals surface area (Å²) in [5.41, 5.74) is 0.725. The zero-order chi connectivity index (χ0) is 29.8. The normalized spacial score (nSPS) is 34.1. The molecule has 1 spiro atoms. The lowest BCUT2D eigenvalue weighted by molar-refractivity contribution is -0.171. The van der Waals surface area contributed by atoms with Crippen LogP contribution in [0.25, 0.3) is 0 Å². The van der Waals surface area contributed by atoms with Crippen molar-refractivity contribution in [2.75, 3.05) is 6.61 Å². The third-order valence-electron chi connectivity index (χ3n) is 8.13. The first-order chi connectivity index (χ1) is 19.4. The Morgan fingerprint density at radius 1 is 1.20 bits per heavy atom. The van der Waals surface area contributed by atoms with Crippen molar-refractivity contribution in [3.8, 4) is 0 Å². The van der Waals surface area contributed by atoms with Gasteiger partial charge in [-0.25, -0.2) is 4.79 Å². The fourth-order valence-corrected chi connectivity index (χ4v) is 5.74. The van der Waals surface area contributed by atoms with Crippen LogP contribution in [0.4, 0.5) is 0 Å². The predicted octanol–water partition coefficient (Wildman–Crippen LogP) is 4.68. The highest BCUT2D eigenvalue weighted by Gasteiger charge is 2.60. The number of rotatable bonds is 9. The highest BCUT2D eigenvalue weighted by Crippen LogP contribution is 2.46. The maximum absolute atomic E-state index is 12.6. The van der Waals surface area contributed by atoms with E-state index in [0.29, 0.717) is 18.6 Å². The number of aliphatic hydroxyl groups is 1. The van der Waals surface area contributed by atoms with Crippen molar-refractivity contribution in [3.63, 3.8) is 0 Å². The fraction of sp³-hybridized carbons (Fsp3) is 0.576. The van der Waals surface area contributed by atoms with Crippen LogP contribution in [0.1, 0.15) is 71.2 Å². The molecule has 1 aromatic carbocycles. The Morgan fingerprint density at radius 3 is 2.59 bits per heavy atom. The van der Waals surface area contributed by atoms with E-state index in [1.807, 2.05) is 45.9 Å². The third kappa shape index (κ3) is 8.38. The van der Waals surface area contributed by atoms with E-state index >= 15 is 0 Å². The number of epoxide rings is 1. The number of benzene rings is 1. The molecule has 1 amide bonds. The minimum absolute atomic E-state index is 0.0352. The maximum atomic E-state index is 12.6. The standard InChI is InChI=1S/C33H45NO7/c1-21(13-16-28-30(36)33(20-38-33)19-32(5,6)41-28)12-15-27-22(2)18-26(24(4)40-27)34-29(35)17-14-23(3)39-31(37)25-10-8-7-9-11-25/h7-14,16-17,22-24,26-28,30,36H,15,18-20H2,1-6H3,(H,34,35)/b16-13+,17-14-,21-12+/t22-,23-,24+,26+,27-,28+,30+,33+/m0/s1. The maximum Gasteiger partial charge on any atom is 0.338 e. The first kappa shape index (κ1) is 31.2. The molecule has 0 aromatic heterocycles. The Hall–Kier alpha value is -2.78. The molecule has 3 aliphatic rings. The Balaban J connectivity index is 1.23. The zero-order valence-corrected chi connectivity index (χ0v) is 25.0. The third-order valence-corrected chi connectivity index (χ3v) is 8.13. The lowest BCUT2D eigenvalue weighted by Gasteiger charge is -2.41. The second kappa shape index (κ2) is 13.0. The molecule has 0 aliphatic carbocycles. The van der Waals surface area contributed by atoms with Crippen LogP contribution in [-0.2, 0) is 23.7 Å². The first-order valence-corrected chi connectivity index (χ1v) is 14.6. The number of nitrogens with one attached hydrogen (secondary N) is 1. The van der Waals surface area contributed by atoms with E-state index in [-0.39, 0.29) is 35.7 Å². The van der Waals surface area contributed by atoms with Gasteiger partial charge < -0.3 is 29.4 Å². The zero-order valence-electron chi connectivity index (χ0n) is 25.0. The van der Waals surface area contributed by atoms with Crippen molar-refractivity contribution in [1.82, 2.24) is 5.32 Å². The van der Waals surface area contributed by atoms with Gasteiger partial charge in [-0.3, -0.25) is 4.79 Å². The summed E-state index contributed by atoms with van der Waals surface area (Å²) in [6.45, 7) is 12.5. The van der Waals surface area contributed by atoms with Crippen LogP contribution in [0.2, 0.25) is 0 Å². The molecule has 8 atom stereocenters. The molecule has 3 heterocycles. The summed E-state index contributed by atoms with van der Waals surface area (Å²) in [5, 5.41) is 13.8. The number of hydrogen-bond acceptors (Lipinski definition) is 7. The Morgan fingerprint density at radius 2 is 1.90 bits per heavy atom. The van der Waals surface area contributed by atoms with Gasteiger partial charge in [0.15, 0.2) is 0 Å². The second-order valence-electron chi connectivity index (χ2n) is 12.4. The van der Waals surface area contributed by atoms with Gasteiger partial charge in [0, 0.05) is 12.5 Å². The minimum atomic E-state index is -0.670. The van der Waals surface area contributed by atoms with E-state index in [9.17, 15) is 14.7 Å². The van der Waals surface area contributed by atoms with E-state index in [1.165, 1.54) is 6.08 Å². The summed E-state index contributed by atoms with van der Waals surface area (Å²) >= 11 is 0. The summed E-state index contributed by atoms with van der Waals surface area (Å²) < 4.78 is 23.4. The van der Waals surface area contributed by atoms with Crippen LogP contribution < -0.4 is 5.32 Å². The molecule has 3 fully saturated rings. The van der Waals surface area contributed by atoms with Crippen LogP contribution in [0.15, 0.2) is 66.3 Å². The Bertz CT molecular complexity index is 1150. The van der Waals surface area contributed by atoms with E-state index in [2.05, 4.69) is 18.3 Å². The highest BCUT2D eigenvalue weighted by molar-refractivity contribution is 5.90. The van der Waals surface area contributed by atoms with Crippen molar-refractivity contribution < 1.29 is 33.6 Å². The number of hydrogen-bond donors (Lipinski definition) is 2. The Kier molecular flexibility index (Phi) is 9.90. The van der Waals surface area contributed by atoms with Gasteiger partial charge in [-0.1, -0.05) is 48.9 Å². The summed E-state index contributed by atoms with van der Waals surface area (Å²) in [7, 11) is 0. The summed E-state index contributed by atoms with van der Waals surface area (Å²) in [5.74, 6) is -0.425. The summed E-state index contributed by atoms with van der Waals surface area (Å²) in [6.07, 6.45) is 9.57. The first-order valence-electron chi connectivity index (χ1n) is 14.6. The van der Waals surface area contributed by atoms with Gasteiger partial charge in [0.25, 0.3) is 0 Å². The van der Waals surface area contributed by atoms with Crippen LogP contribution in [0, 0.1) is 5.92 Å². The lowest BCUT2D eigenvalue weighted by atomic mass is 9.83. The van der Waals surface area contributed by atoms with Gasteiger partial charge in [-0.15, -0.1) is 0 Å². The number of allylic oxidation sites excluding steroid dienone is 2.